The summed E-state index contributed by atoms with van der Waals surface area (Å²) in [6.07, 6.45) is 5.40. The second kappa shape index (κ2) is 6.53. The molecule has 1 aliphatic carbocycles. The van der Waals surface area contributed by atoms with Gasteiger partial charge in [-0.05, 0) is 49.8 Å². The Balaban J connectivity index is 1.83. The topological polar surface area (TPSA) is 35.2 Å². The highest BCUT2D eigenvalue weighted by atomic mass is 16.5. The molecule has 1 aromatic carbocycles. The van der Waals surface area contributed by atoms with Crippen LogP contribution in [0.15, 0.2) is 12.1 Å². The van der Waals surface area contributed by atoms with Gasteiger partial charge in [-0.3, -0.25) is 0 Å². The average Bonchev–Trinajstić information content (AvgIpc) is 2.24. The van der Waals surface area contributed by atoms with E-state index in [9.17, 15) is 0 Å². The molecule has 1 atom stereocenters. The van der Waals surface area contributed by atoms with E-state index in [4.69, 9.17) is 10.5 Å². The minimum absolute atomic E-state index is 0.00184. The van der Waals surface area contributed by atoms with Gasteiger partial charge in [0.2, 0.25) is 0 Å². The summed E-state index contributed by atoms with van der Waals surface area (Å²) in [5.74, 6) is 0.916. The van der Waals surface area contributed by atoms with Gasteiger partial charge in [-0.2, -0.15) is 0 Å². The van der Waals surface area contributed by atoms with E-state index < -0.39 is 0 Å². The van der Waals surface area contributed by atoms with Gasteiger partial charge in [-0.1, -0.05) is 37.0 Å². The first kappa shape index (κ1) is 14.5. The first-order valence-electron chi connectivity index (χ1n) is 7.49. The van der Waals surface area contributed by atoms with Gasteiger partial charge < -0.3 is 10.5 Å². The van der Waals surface area contributed by atoms with E-state index in [1.165, 1.54) is 47.9 Å². The van der Waals surface area contributed by atoms with Crippen molar-refractivity contribution in [1.82, 2.24) is 0 Å². The number of rotatable bonds is 6. The van der Waals surface area contributed by atoms with Crippen molar-refractivity contribution in [2.24, 2.45) is 11.7 Å². The van der Waals surface area contributed by atoms with Crippen LogP contribution in [-0.4, -0.2) is 13.2 Å². The van der Waals surface area contributed by atoms with Crippen LogP contribution < -0.4 is 5.73 Å². The van der Waals surface area contributed by atoms with Crippen molar-refractivity contribution in [3.05, 3.63) is 34.4 Å². The fraction of sp³-hybridized carbons (Fsp3) is 0.647. The van der Waals surface area contributed by atoms with Crippen molar-refractivity contribution >= 4 is 0 Å². The summed E-state index contributed by atoms with van der Waals surface area (Å²) in [6.45, 7) is 7.91. The van der Waals surface area contributed by atoms with E-state index in [2.05, 4.69) is 32.9 Å². The Labute approximate surface area is 117 Å². The molecule has 0 spiro atoms. The maximum absolute atomic E-state index is 6.29. The molecule has 0 saturated heterocycles. The van der Waals surface area contributed by atoms with Crippen LogP contribution in [-0.2, 0) is 4.74 Å². The maximum atomic E-state index is 6.29. The lowest BCUT2D eigenvalue weighted by molar-refractivity contribution is 0.0960. The number of nitrogens with two attached hydrogens (primary N) is 1. The van der Waals surface area contributed by atoms with Gasteiger partial charge in [0.15, 0.2) is 0 Å². The van der Waals surface area contributed by atoms with Crippen LogP contribution in [0, 0.1) is 26.7 Å². The molecule has 1 aliphatic rings. The zero-order chi connectivity index (χ0) is 13.8. The van der Waals surface area contributed by atoms with Crippen molar-refractivity contribution in [2.45, 2.75) is 52.5 Å². The normalized spacial score (nSPS) is 17.3. The molecule has 1 aromatic rings. The largest absolute Gasteiger partial charge is 0.379 e. The first-order chi connectivity index (χ1) is 9.08. The molecule has 0 bridgehead atoms. The molecule has 2 N–H and O–H groups in total. The monoisotopic (exact) mass is 261 g/mol. The lowest BCUT2D eigenvalue weighted by Gasteiger charge is -2.25. The second-order valence-corrected chi connectivity index (χ2v) is 6.08. The standard InChI is InChI=1S/C17H27NO/c1-12-9-13(2)17(14(3)10-12)16(18)11-19-8-7-15-5-4-6-15/h9-10,15-16H,4-8,11,18H2,1-3H3. The van der Waals surface area contributed by atoms with E-state index in [0.717, 1.165) is 12.5 Å². The summed E-state index contributed by atoms with van der Waals surface area (Å²) < 4.78 is 5.77. The molecule has 1 unspecified atom stereocenters. The molecule has 1 saturated carbocycles. The van der Waals surface area contributed by atoms with Crippen LogP contribution in [0.1, 0.15) is 54.0 Å². The van der Waals surface area contributed by atoms with Gasteiger partial charge in [0.1, 0.15) is 0 Å². The fourth-order valence-electron chi connectivity index (χ4n) is 3.10. The van der Waals surface area contributed by atoms with Crippen LogP contribution in [0.3, 0.4) is 0 Å². The minimum Gasteiger partial charge on any atom is -0.379 e. The Morgan fingerprint density at radius 3 is 2.37 bits per heavy atom. The van der Waals surface area contributed by atoms with Gasteiger partial charge in [0, 0.05) is 6.61 Å². The lowest BCUT2D eigenvalue weighted by Crippen LogP contribution is -2.21. The summed E-state index contributed by atoms with van der Waals surface area (Å²) >= 11 is 0. The number of ether oxygens (including phenoxy) is 1. The van der Waals surface area contributed by atoms with Crippen LogP contribution in [0.25, 0.3) is 0 Å². The van der Waals surface area contributed by atoms with Crippen molar-refractivity contribution in [1.29, 1.82) is 0 Å². The van der Waals surface area contributed by atoms with Crippen molar-refractivity contribution in [3.8, 4) is 0 Å². The number of benzene rings is 1. The zero-order valence-electron chi connectivity index (χ0n) is 12.5. The van der Waals surface area contributed by atoms with Crippen molar-refractivity contribution in [2.75, 3.05) is 13.2 Å². The molecule has 0 aromatic heterocycles. The molecule has 1 fully saturated rings. The third-order valence-corrected chi connectivity index (χ3v) is 4.30. The van der Waals surface area contributed by atoms with E-state index in [-0.39, 0.29) is 6.04 Å². The van der Waals surface area contributed by atoms with E-state index in [1.807, 2.05) is 0 Å². The molecular formula is C17H27NO. The third-order valence-electron chi connectivity index (χ3n) is 4.30. The number of hydrogen-bond donors (Lipinski definition) is 1. The van der Waals surface area contributed by atoms with Crippen LogP contribution >= 0.6 is 0 Å². The van der Waals surface area contributed by atoms with E-state index in [0.29, 0.717) is 6.61 Å². The number of aryl methyl sites for hydroxylation is 3. The lowest BCUT2D eigenvalue weighted by atomic mass is 9.83. The summed E-state index contributed by atoms with van der Waals surface area (Å²) in [6, 6.07) is 4.41. The molecule has 2 nitrogen and oxygen atoms in total. The predicted molar refractivity (Wildman–Crippen MR) is 80.4 cm³/mol. The highest BCUT2D eigenvalue weighted by molar-refractivity contribution is 5.39. The molecule has 0 radical (unpaired) electrons. The molecule has 0 heterocycles. The average molecular weight is 261 g/mol. The van der Waals surface area contributed by atoms with Crippen molar-refractivity contribution < 1.29 is 4.74 Å². The van der Waals surface area contributed by atoms with Gasteiger partial charge in [-0.25, -0.2) is 0 Å². The maximum Gasteiger partial charge on any atom is 0.0659 e. The summed E-state index contributed by atoms with van der Waals surface area (Å²) in [7, 11) is 0. The molecule has 2 rings (SSSR count). The Hall–Kier alpha value is -0.860. The van der Waals surface area contributed by atoms with Crippen LogP contribution in [0.5, 0.6) is 0 Å². The van der Waals surface area contributed by atoms with Crippen molar-refractivity contribution in [3.63, 3.8) is 0 Å². The van der Waals surface area contributed by atoms with Gasteiger partial charge in [0.25, 0.3) is 0 Å². The summed E-state index contributed by atoms with van der Waals surface area (Å²) in [4.78, 5) is 0. The first-order valence-corrected chi connectivity index (χ1v) is 7.49. The number of hydrogen-bond acceptors (Lipinski definition) is 2. The Morgan fingerprint density at radius 2 is 1.84 bits per heavy atom. The Morgan fingerprint density at radius 1 is 1.21 bits per heavy atom. The SMILES string of the molecule is Cc1cc(C)c(C(N)COCCC2CCC2)c(C)c1. The Kier molecular flexibility index (Phi) is 5.00. The van der Waals surface area contributed by atoms with E-state index in [1.54, 1.807) is 0 Å². The predicted octanol–water partition coefficient (Wildman–Crippen LogP) is 3.82. The smallest absolute Gasteiger partial charge is 0.0659 e. The molecule has 0 aliphatic heterocycles. The molecule has 0 amide bonds. The highest BCUT2D eigenvalue weighted by Gasteiger charge is 2.17. The van der Waals surface area contributed by atoms with Crippen LogP contribution in [0.2, 0.25) is 0 Å². The fourth-order valence-corrected chi connectivity index (χ4v) is 3.10. The van der Waals surface area contributed by atoms with E-state index >= 15 is 0 Å². The molecule has 106 valence electrons. The molecule has 2 heteroatoms. The van der Waals surface area contributed by atoms with Gasteiger partial charge >= 0.3 is 0 Å². The highest BCUT2D eigenvalue weighted by Crippen LogP contribution is 2.29. The summed E-state index contributed by atoms with van der Waals surface area (Å²) in [5, 5.41) is 0. The van der Waals surface area contributed by atoms with Gasteiger partial charge in [0.05, 0.1) is 12.6 Å². The molecular weight excluding hydrogens is 234 g/mol. The van der Waals surface area contributed by atoms with Crippen LogP contribution in [0.4, 0.5) is 0 Å². The second-order valence-electron chi connectivity index (χ2n) is 6.08. The van der Waals surface area contributed by atoms with Gasteiger partial charge in [-0.15, -0.1) is 0 Å². The third kappa shape index (κ3) is 3.80. The molecule has 19 heavy (non-hydrogen) atoms. The Bertz CT molecular complexity index is 400. The minimum atomic E-state index is 0.00184. The quantitative estimate of drug-likeness (QED) is 0.790. The summed E-state index contributed by atoms with van der Waals surface area (Å²) in [5.41, 5.74) is 11.4. The zero-order valence-corrected chi connectivity index (χ0v) is 12.5.